The molecule has 3 aliphatic heterocycles. The van der Waals surface area contributed by atoms with E-state index in [4.69, 9.17) is 42.6 Å². The molecule has 3 aliphatic rings. The topological polar surface area (TPSA) is 118 Å². The number of halogens is 2. The largest absolute Gasteiger partial charge is 0.496 e. The van der Waals surface area contributed by atoms with E-state index < -0.39 is 0 Å². The first-order chi connectivity index (χ1) is 24.3. The van der Waals surface area contributed by atoms with Gasteiger partial charge in [0.1, 0.15) is 5.75 Å². The molecule has 2 atom stereocenters. The molecule has 0 bridgehead atoms. The number of carbonyl (C=O) groups is 2. The fourth-order valence-corrected chi connectivity index (χ4v) is 7.87. The number of fused-ring (bicyclic) bond motifs is 1. The summed E-state index contributed by atoms with van der Waals surface area (Å²) < 4.78 is 11.6. The van der Waals surface area contributed by atoms with Crippen LogP contribution in [0.4, 0.5) is 0 Å². The number of hydrogen-bond donors (Lipinski definition) is 3. The van der Waals surface area contributed by atoms with E-state index in [-0.39, 0.29) is 23.9 Å². The highest BCUT2D eigenvalue weighted by atomic mass is 35.5. The molecule has 5 heterocycles. The van der Waals surface area contributed by atoms with E-state index in [0.29, 0.717) is 53.2 Å². The summed E-state index contributed by atoms with van der Waals surface area (Å²) in [5.41, 5.74) is 7.75. The van der Waals surface area contributed by atoms with E-state index in [1.165, 1.54) is 5.56 Å². The van der Waals surface area contributed by atoms with Crippen molar-refractivity contribution in [2.75, 3.05) is 33.9 Å². The van der Waals surface area contributed by atoms with Crippen molar-refractivity contribution < 1.29 is 19.1 Å². The van der Waals surface area contributed by atoms with Crippen molar-refractivity contribution in [1.82, 2.24) is 30.8 Å². The minimum absolute atomic E-state index is 0.101. The van der Waals surface area contributed by atoms with Crippen LogP contribution in [0.2, 0.25) is 10.0 Å². The number of amides is 2. The summed E-state index contributed by atoms with van der Waals surface area (Å²) >= 11 is 14.3. The number of methoxy groups -OCH3 is 2. The van der Waals surface area contributed by atoms with Gasteiger partial charge in [-0.1, -0.05) is 47.5 Å². The Bertz CT molecular complexity index is 1920. The second-order valence-electron chi connectivity index (χ2n) is 13.1. The molecule has 2 saturated heterocycles. The standard InChI is InChI=1S/C38H40Cl2N6O4/c1-49-32-17-24(16-22-13-15-46(21-30(22)32)20-26-8-11-34(48)44-26)37-36(40)28(12-14-42-37)27-4-3-5-29(35(27)39)31-9-6-23(38(45-31)50-2)18-41-19-25-7-10-33(47)43-25/h3-6,9,12,14,16-17,25-26,41H,7-8,10-11,13,15,18-21H2,1-2H3,(H,43,47)(H,44,48). The van der Waals surface area contributed by atoms with E-state index in [1.54, 1.807) is 20.4 Å². The Balaban J connectivity index is 1.13. The van der Waals surface area contributed by atoms with Gasteiger partial charge in [-0.15, -0.1) is 0 Å². The van der Waals surface area contributed by atoms with Gasteiger partial charge in [0.25, 0.3) is 0 Å². The van der Waals surface area contributed by atoms with Crippen LogP contribution < -0.4 is 25.4 Å². The second-order valence-corrected chi connectivity index (χ2v) is 13.8. The smallest absolute Gasteiger partial charge is 0.220 e. The van der Waals surface area contributed by atoms with Gasteiger partial charge in [-0.05, 0) is 49.1 Å². The molecule has 10 nitrogen and oxygen atoms in total. The number of rotatable bonds is 11. The molecule has 4 aromatic rings. The van der Waals surface area contributed by atoms with Crippen molar-refractivity contribution in [2.45, 2.75) is 57.3 Å². The van der Waals surface area contributed by atoms with Crippen LogP contribution in [0.15, 0.2) is 54.7 Å². The number of carbonyl (C=O) groups excluding carboxylic acids is 2. The van der Waals surface area contributed by atoms with Crippen LogP contribution in [0.1, 0.15) is 42.4 Å². The Morgan fingerprint density at radius 2 is 1.66 bits per heavy atom. The Hall–Kier alpha value is -4.22. The molecule has 12 heteroatoms. The highest BCUT2D eigenvalue weighted by molar-refractivity contribution is 6.39. The first-order valence-corrected chi connectivity index (χ1v) is 17.8. The van der Waals surface area contributed by atoms with Gasteiger partial charge in [0, 0.05) is 97.2 Å². The van der Waals surface area contributed by atoms with Gasteiger partial charge < -0.3 is 25.4 Å². The van der Waals surface area contributed by atoms with Gasteiger partial charge >= 0.3 is 0 Å². The summed E-state index contributed by atoms with van der Waals surface area (Å²) in [5, 5.41) is 10.5. The average molecular weight is 716 g/mol. The van der Waals surface area contributed by atoms with E-state index in [1.807, 2.05) is 42.5 Å². The predicted molar refractivity (Wildman–Crippen MR) is 194 cm³/mol. The Kier molecular flexibility index (Phi) is 10.2. The Morgan fingerprint density at radius 3 is 2.40 bits per heavy atom. The molecule has 7 rings (SSSR count). The zero-order valence-corrected chi connectivity index (χ0v) is 29.7. The summed E-state index contributed by atoms with van der Waals surface area (Å²) in [6.07, 6.45) is 5.50. The summed E-state index contributed by atoms with van der Waals surface area (Å²) in [4.78, 5) is 35.1. The molecule has 50 heavy (non-hydrogen) atoms. The average Bonchev–Trinajstić information content (AvgIpc) is 3.74. The molecule has 2 aromatic carbocycles. The first kappa shape index (κ1) is 34.2. The molecular weight excluding hydrogens is 675 g/mol. The number of ether oxygens (including phenoxy) is 2. The lowest BCUT2D eigenvalue weighted by Gasteiger charge is -2.32. The lowest BCUT2D eigenvalue weighted by Crippen LogP contribution is -2.41. The summed E-state index contributed by atoms with van der Waals surface area (Å²) in [6.45, 7) is 3.71. The van der Waals surface area contributed by atoms with Crippen molar-refractivity contribution >= 4 is 35.0 Å². The van der Waals surface area contributed by atoms with E-state index >= 15 is 0 Å². The van der Waals surface area contributed by atoms with Crippen molar-refractivity contribution in [3.05, 3.63) is 81.5 Å². The molecule has 0 spiro atoms. The minimum Gasteiger partial charge on any atom is -0.496 e. The monoisotopic (exact) mass is 714 g/mol. The van der Waals surface area contributed by atoms with Crippen LogP contribution in [-0.4, -0.2) is 72.6 Å². The third-order valence-corrected chi connectivity index (χ3v) is 10.6. The molecule has 2 amide bonds. The first-order valence-electron chi connectivity index (χ1n) is 17.0. The van der Waals surface area contributed by atoms with Crippen LogP contribution in [0, 0.1) is 0 Å². The maximum Gasteiger partial charge on any atom is 0.220 e. The molecular formula is C38H40Cl2N6O4. The molecule has 2 unspecified atom stereocenters. The SMILES string of the molecule is COc1cc(-c2nccc(-c3cccc(-c4ccc(CNCC5CCC(=O)N5)c(OC)n4)c3Cl)c2Cl)cc2c1CN(CC1CCC(=O)N1)CC2. The highest BCUT2D eigenvalue weighted by Crippen LogP contribution is 2.43. The van der Waals surface area contributed by atoms with Crippen molar-refractivity contribution in [1.29, 1.82) is 0 Å². The normalized spacial score (nSPS) is 18.9. The summed E-state index contributed by atoms with van der Waals surface area (Å²) in [5.74, 6) is 1.54. The lowest BCUT2D eigenvalue weighted by molar-refractivity contribution is -0.120. The minimum atomic E-state index is 0.101. The van der Waals surface area contributed by atoms with Crippen LogP contribution >= 0.6 is 23.2 Å². The number of nitrogens with zero attached hydrogens (tertiary/aromatic N) is 3. The quantitative estimate of drug-likeness (QED) is 0.178. The maximum absolute atomic E-state index is 11.7. The summed E-state index contributed by atoms with van der Waals surface area (Å²) in [7, 11) is 3.29. The van der Waals surface area contributed by atoms with Gasteiger partial charge in [-0.2, -0.15) is 0 Å². The van der Waals surface area contributed by atoms with Crippen molar-refractivity contribution in [3.63, 3.8) is 0 Å². The Morgan fingerprint density at radius 1 is 0.900 bits per heavy atom. The van der Waals surface area contributed by atoms with Crippen LogP contribution in [0.5, 0.6) is 11.6 Å². The third-order valence-electron chi connectivity index (χ3n) is 9.82. The summed E-state index contributed by atoms with van der Waals surface area (Å²) in [6, 6.07) is 16.1. The number of pyridine rings is 2. The van der Waals surface area contributed by atoms with Gasteiger partial charge in [0.15, 0.2) is 0 Å². The van der Waals surface area contributed by atoms with Crippen LogP contribution in [-0.2, 0) is 29.1 Å². The zero-order chi connectivity index (χ0) is 34.8. The van der Waals surface area contributed by atoms with Crippen LogP contribution in [0.25, 0.3) is 33.6 Å². The maximum atomic E-state index is 11.7. The van der Waals surface area contributed by atoms with E-state index in [2.05, 4.69) is 26.9 Å². The van der Waals surface area contributed by atoms with Crippen LogP contribution in [0.3, 0.4) is 0 Å². The van der Waals surface area contributed by atoms with Gasteiger partial charge in [0.05, 0.1) is 35.7 Å². The molecule has 0 radical (unpaired) electrons. The molecule has 260 valence electrons. The fourth-order valence-electron chi connectivity index (χ4n) is 7.22. The predicted octanol–water partition coefficient (Wildman–Crippen LogP) is 5.81. The number of aromatic nitrogens is 2. The number of nitrogens with one attached hydrogen (secondary N) is 3. The molecule has 2 aromatic heterocycles. The zero-order valence-electron chi connectivity index (χ0n) is 28.2. The van der Waals surface area contributed by atoms with Gasteiger partial charge in [-0.3, -0.25) is 19.5 Å². The molecule has 0 saturated carbocycles. The van der Waals surface area contributed by atoms with Crippen molar-refractivity contribution in [3.8, 4) is 45.3 Å². The van der Waals surface area contributed by atoms with Crippen molar-refractivity contribution in [2.24, 2.45) is 0 Å². The van der Waals surface area contributed by atoms with E-state index in [9.17, 15) is 9.59 Å². The van der Waals surface area contributed by atoms with Gasteiger partial charge in [-0.25, -0.2) is 4.98 Å². The van der Waals surface area contributed by atoms with E-state index in [0.717, 1.165) is 78.0 Å². The van der Waals surface area contributed by atoms with Gasteiger partial charge in [0.2, 0.25) is 17.7 Å². The Labute approximate surface area is 301 Å². The lowest BCUT2D eigenvalue weighted by atomic mass is 9.93. The molecule has 2 fully saturated rings. The highest BCUT2D eigenvalue weighted by Gasteiger charge is 2.28. The fraction of sp³-hybridized carbons (Fsp3) is 0.368. The second kappa shape index (κ2) is 14.9. The molecule has 3 N–H and O–H groups in total. The number of benzene rings is 2. The third kappa shape index (κ3) is 7.16. The molecule has 0 aliphatic carbocycles. The number of hydrogen-bond acceptors (Lipinski definition) is 8.